The lowest BCUT2D eigenvalue weighted by Gasteiger charge is -2.37. The van der Waals surface area contributed by atoms with E-state index < -0.39 is 41.3 Å². The molecule has 5 heterocycles. The van der Waals surface area contributed by atoms with Crippen LogP contribution in [0.25, 0.3) is 33.3 Å². The molecule has 2 saturated carbocycles. The Hall–Kier alpha value is -5.80. The van der Waals surface area contributed by atoms with Crippen LogP contribution in [-0.4, -0.2) is 123 Å². The van der Waals surface area contributed by atoms with Crippen molar-refractivity contribution in [3.8, 4) is 28.1 Å². The zero-order chi connectivity index (χ0) is 48.9. The molecule has 4 fully saturated rings. The van der Waals surface area contributed by atoms with Crippen LogP contribution in [0.3, 0.4) is 0 Å². The highest BCUT2D eigenvalue weighted by atomic mass is 16.5. The molecule has 5 aliphatic rings. The van der Waals surface area contributed by atoms with Crippen molar-refractivity contribution in [2.45, 2.75) is 141 Å². The molecule has 9 rings (SSSR count). The summed E-state index contributed by atoms with van der Waals surface area (Å²) < 4.78 is 8.49. The van der Waals surface area contributed by atoms with Gasteiger partial charge in [0.15, 0.2) is 0 Å². The summed E-state index contributed by atoms with van der Waals surface area (Å²) in [7, 11) is 3.24. The zero-order valence-electron chi connectivity index (χ0n) is 41.3. The number of cyclic esters (lactones) is 1. The molecule has 4 N–H and O–H groups in total. The van der Waals surface area contributed by atoms with E-state index in [2.05, 4.69) is 79.5 Å². The molecule has 5 atom stereocenters. The average Bonchev–Trinajstić information content (AvgIpc) is 4.25. The quantitative estimate of drug-likeness (QED) is 0.101. The lowest BCUT2D eigenvalue weighted by molar-refractivity contribution is -0.155. The topological polar surface area (TPSA) is 188 Å². The SMILES string of the molecule is CCn1c(-c2cccnc2C(C)C)c2c3cc(ccc31)-c1cc(O)cc(c1)C[C@H](NC(=O)[C@H](C1CCCC1)N(C)C(=O)CN(C)C(=O)[C@@H]1N[C@@H]1C1CC1)C(=O)N1CCC[C@H](N1)C(=O)OCC(C)(C)C2. The standard InChI is InChI=1S/C54H70N8O7/c1-8-61-43-20-19-35-27-39(43)40(49(61)38-15-11-21-55-45(38)31(2)3)28-54(4,5)30-69-53(68)41-16-12-22-62(58-41)51(66)42(25-32-23-36(35)26-37(63)24-32)56-50(65)48(34-13-9-10-14-34)60(7)44(64)29-59(6)52(67)47-46(57-47)33-17-18-33/h11,15,19-21,23-24,26-27,31,33-34,41-42,46-48,57-58,63H,8-10,12-14,16-18,22,25,28-30H2,1-7H3,(H,56,65)/t41-,42-,46+,47+,48-/m0/s1. The number of rotatable bonds is 11. The molecular formula is C54H70N8O7. The van der Waals surface area contributed by atoms with E-state index in [-0.39, 0.29) is 61.1 Å². The molecule has 4 amide bonds. The Balaban J connectivity index is 1.08. The second kappa shape index (κ2) is 19.5. The van der Waals surface area contributed by atoms with E-state index in [1.807, 2.05) is 18.3 Å². The first kappa shape index (κ1) is 48.2. The van der Waals surface area contributed by atoms with E-state index in [9.17, 15) is 29.1 Å². The number of fused-ring (bicyclic) bond motifs is 6. The van der Waals surface area contributed by atoms with Crippen molar-refractivity contribution in [2.75, 3.05) is 33.8 Å². The van der Waals surface area contributed by atoms with Gasteiger partial charge in [-0.2, -0.15) is 0 Å². The van der Waals surface area contributed by atoms with Crippen molar-refractivity contribution in [1.29, 1.82) is 0 Å². The number of likely N-dealkylation sites (N-methyl/N-ethyl adjacent to an activating group) is 2. The number of ether oxygens (including phenoxy) is 1. The number of aromatic nitrogens is 2. The fourth-order valence-corrected chi connectivity index (χ4v) is 11.4. The van der Waals surface area contributed by atoms with E-state index in [1.165, 1.54) is 14.8 Å². The first-order chi connectivity index (χ1) is 33.0. The first-order valence-corrected chi connectivity index (χ1v) is 25.3. The van der Waals surface area contributed by atoms with Crippen LogP contribution in [0.15, 0.2) is 54.7 Å². The minimum atomic E-state index is -1.14. The third kappa shape index (κ3) is 10.1. The van der Waals surface area contributed by atoms with Gasteiger partial charge in [0.05, 0.1) is 24.5 Å². The summed E-state index contributed by atoms with van der Waals surface area (Å²) in [5.74, 6) is -1.32. The maximum absolute atomic E-state index is 14.9. The van der Waals surface area contributed by atoms with Crippen LogP contribution in [-0.2, 0) is 48.1 Å². The molecule has 0 radical (unpaired) electrons. The van der Waals surface area contributed by atoms with Crippen molar-refractivity contribution in [3.63, 3.8) is 0 Å². The minimum Gasteiger partial charge on any atom is -0.508 e. The van der Waals surface area contributed by atoms with Crippen LogP contribution in [0.4, 0.5) is 0 Å². The highest BCUT2D eigenvalue weighted by molar-refractivity contribution is 5.96. The third-order valence-electron chi connectivity index (χ3n) is 15.2. The summed E-state index contributed by atoms with van der Waals surface area (Å²) in [6.07, 6.45) is 8.92. The Kier molecular flexibility index (Phi) is 13.7. The predicted octanol–water partition coefficient (Wildman–Crippen LogP) is 6.09. The average molecular weight is 943 g/mol. The fourth-order valence-electron chi connectivity index (χ4n) is 11.4. The number of esters is 1. The van der Waals surface area contributed by atoms with Gasteiger partial charge < -0.3 is 29.5 Å². The number of amides is 4. The van der Waals surface area contributed by atoms with Crippen LogP contribution >= 0.6 is 0 Å². The molecule has 15 nitrogen and oxygen atoms in total. The second-order valence-electron chi connectivity index (χ2n) is 21.5. The minimum absolute atomic E-state index is 0.0104. The molecule has 0 spiro atoms. The highest BCUT2D eigenvalue weighted by Gasteiger charge is 2.52. The van der Waals surface area contributed by atoms with Gasteiger partial charge in [-0.1, -0.05) is 52.7 Å². The smallest absolute Gasteiger partial charge is 0.324 e. The first-order valence-electron chi connectivity index (χ1n) is 25.3. The Morgan fingerprint density at radius 1 is 0.986 bits per heavy atom. The molecule has 2 aromatic heterocycles. The number of pyridine rings is 1. The molecule has 6 bridgehead atoms. The molecule has 2 saturated heterocycles. The third-order valence-corrected chi connectivity index (χ3v) is 15.2. The Morgan fingerprint density at radius 2 is 1.75 bits per heavy atom. The monoisotopic (exact) mass is 943 g/mol. The molecule has 15 heteroatoms. The maximum atomic E-state index is 14.9. The number of nitrogens with one attached hydrogen (secondary N) is 3. The largest absolute Gasteiger partial charge is 0.508 e. The second-order valence-corrected chi connectivity index (χ2v) is 21.5. The van der Waals surface area contributed by atoms with Crippen molar-refractivity contribution in [1.82, 2.24) is 40.4 Å². The number of aryl methyl sites for hydroxylation is 1. The van der Waals surface area contributed by atoms with Crippen LogP contribution in [0.5, 0.6) is 5.75 Å². The van der Waals surface area contributed by atoms with E-state index in [4.69, 9.17) is 9.72 Å². The Morgan fingerprint density at radius 3 is 2.48 bits per heavy atom. The van der Waals surface area contributed by atoms with Crippen LogP contribution in [0, 0.1) is 17.3 Å². The molecule has 2 aliphatic carbocycles. The number of hydrogen-bond donors (Lipinski definition) is 4. The number of phenolic OH excluding ortho intramolecular Hbond substituents is 1. The van der Waals surface area contributed by atoms with E-state index in [0.29, 0.717) is 43.8 Å². The summed E-state index contributed by atoms with van der Waals surface area (Å²) in [6, 6.07) is 12.8. The van der Waals surface area contributed by atoms with E-state index in [1.54, 1.807) is 26.2 Å². The molecule has 4 aromatic rings. The number of carbonyl (C=O) groups is 5. The van der Waals surface area contributed by atoms with Gasteiger partial charge in [-0.15, -0.1) is 0 Å². The summed E-state index contributed by atoms with van der Waals surface area (Å²) >= 11 is 0. The van der Waals surface area contributed by atoms with Crippen LogP contribution < -0.4 is 16.1 Å². The van der Waals surface area contributed by atoms with Gasteiger partial charge >= 0.3 is 5.97 Å². The van der Waals surface area contributed by atoms with Crippen LogP contribution in [0.2, 0.25) is 0 Å². The number of carbonyl (C=O) groups excluding carboxylic acids is 5. The molecule has 2 aromatic carbocycles. The normalized spacial score (nSPS) is 23.3. The summed E-state index contributed by atoms with van der Waals surface area (Å²) in [4.78, 5) is 78.8. The highest BCUT2D eigenvalue weighted by Crippen LogP contribution is 2.43. The Labute approximate surface area is 405 Å². The zero-order valence-corrected chi connectivity index (χ0v) is 41.3. The van der Waals surface area contributed by atoms with Crippen molar-refractivity contribution >= 4 is 40.5 Å². The van der Waals surface area contributed by atoms with Gasteiger partial charge in [0, 0.05) is 67.7 Å². The molecule has 0 unspecified atom stereocenters. The number of benzene rings is 2. The number of aromatic hydroxyl groups is 1. The molecule has 368 valence electrons. The van der Waals surface area contributed by atoms with Gasteiger partial charge in [-0.3, -0.25) is 39.3 Å². The number of hydrazine groups is 1. The van der Waals surface area contributed by atoms with Crippen molar-refractivity contribution in [2.24, 2.45) is 17.3 Å². The van der Waals surface area contributed by atoms with Crippen molar-refractivity contribution in [3.05, 3.63) is 71.5 Å². The van der Waals surface area contributed by atoms with E-state index >= 15 is 0 Å². The lowest BCUT2D eigenvalue weighted by atomic mass is 9.83. The van der Waals surface area contributed by atoms with Gasteiger partial charge in [0.2, 0.25) is 17.7 Å². The van der Waals surface area contributed by atoms with Gasteiger partial charge in [-0.05, 0) is 128 Å². The van der Waals surface area contributed by atoms with Gasteiger partial charge in [0.1, 0.15) is 29.9 Å². The summed E-state index contributed by atoms with van der Waals surface area (Å²) in [5, 5.41) is 20.2. The van der Waals surface area contributed by atoms with Gasteiger partial charge in [-0.25, -0.2) is 5.43 Å². The maximum Gasteiger partial charge on any atom is 0.324 e. The molecular weight excluding hydrogens is 873 g/mol. The number of hydrogen-bond acceptors (Lipinski definition) is 10. The number of nitrogens with zero attached hydrogens (tertiary/aromatic N) is 5. The lowest BCUT2D eigenvalue weighted by Crippen LogP contribution is -2.62. The predicted molar refractivity (Wildman–Crippen MR) is 264 cm³/mol. The van der Waals surface area contributed by atoms with Crippen LogP contribution in [0.1, 0.15) is 109 Å². The molecule has 69 heavy (non-hydrogen) atoms. The fraction of sp³-hybridized carbons (Fsp3) is 0.556. The van der Waals surface area contributed by atoms with Gasteiger partial charge in [0.25, 0.3) is 5.91 Å². The van der Waals surface area contributed by atoms with Crippen molar-refractivity contribution < 1.29 is 33.8 Å². The molecule has 3 aliphatic heterocycles. The number of phenols is 1. The summed E-state index contributed by atoms with van der Waals surface area (Å²) in [6.45, 7) is 11.6. The summed E-state index contributed by atoms with van der Waals surface area (Å²) in [5.41, 5.74) is 10.2. The van der Waals surface area contributed by atoms with E-state index in [0.717, 1.165) is 83.1 Å². The Bertz CT molecular complexity index is 2630.